The molecule has 3 heteroatoms. The number of ketones is 2. The molecule has 0 aromatic carbocycles. The van der Waals surface area contributed by atoms with E-state index in [2.05, 4.69) is 13.8 Å². The smallest absolute Gasteiger partial charge is 0.155 e. The van der Waals surface area contributed by atoms with Crippen LogP contribution in [-0.2, 0) is 9.59 Å². The summed E-state index contributed by atoms with van der Waals surface area (Å²) in [4.78, 5) is 24.3. The van der Waals surface area contributed by atoms with Crippen molar-refractivity contribution in [3.8, 4) is 0 Å². The first kappa shape index (κ1) is 15.0. The van der Waals surface area contributed by atoms with Crippen molar-refractivity contribution in [2.24, 2.45) is 22.2 Å². The SMILES string of the molecule is CC1(C)C(=O)CC[C@]2(C)C3=CC(=O)CC[C@]3(C)C[C@H](O)[C@@H]12. The number of Topliss-reactive ketones (excluding diaryl/α,β-unsaturated/α-hetero) is 1. The van der Waals surface area contributed by atoms with Gasteiger partial charge in [-0.3, -0.25) is 9.59 Å². The van der Waals surface area contributed by atoms with E-state index in [0.29, 0.717) is 19.3 Å². The topological polar surface area (TPSA) is 54.4 Å². The van der Waals surface area contributed by atoms with E-state index in [1.54, 1.807) is 0 Å². The van der Waals surface area contributed by atoms with Gasteiger partial charge in [-0.2, -0.15) is 0 Å². The molecular formula is C18H26O3. The first-order valence-electron chi connectivity index (χ1n) is 8.08. The van der Waals surface area contributed by atoms with Gasteiger partial charge in [0.1, 0.15) is 5.78 Å². The van der Waals surface area contributed by atoms with Gasteiger partial charge in [0, 0.05) is 24.2 Å². The molecule has 3 aliphatic carbocycles. The van der Waals surface area contributed by atoms with Gasteiger partial charge in [-0.05, 0) is 36.2 Å². The highest BCUT2D eigenvalue weighted by Gasteiger charge is 2.61. The molecule has 0 bridgehead atoms. The zero-order chi connectivity index (χ0) is 15.6. The third kappa shape index (κ3) is 1.89. The maximum atomic E-state index is 12.4. The van der Waals surface area contributed by atoms with Gasteiger partial charge in [-0.15, -0.1) is 0 Å². The maximum Gasteiger partial charge on any atom is 0.155 e. The van der Waals surface area contributed by atoms with E-state index in [9.17, 15) is 14.7 Å². The van der Waals surface area contributed by atoms with Crippen molar-refractivity contribution < 1.29 is 14.7 Å². The molecule has 0 radical (unpaired) electrons. The standard InChI is InChI=1S/C18H26O3/c1-16(2)14(21)6-8-18(4)13-9-11(19)5-7-17(13,3)10-12(20)15(16)18/h9,12,15,20H,5-8,10H2,1-4H3/t12-,15-,17+,18+/m0/s1. The summed E-state index contributed by atoms with van der Waals surface area (Å²) in [5, 5.41) is 10.8. The van der Waals surface area contributed by atoms with Crippen molar-refractivity contribution >= 4 is 11.6 Å². The minimum Gasteiger partial charge on any atom is -0.393 e. The summed E-state index contributed by atoms with van der Waals surface area (Å²) in [5.74, 6) is 0.361. The van der Waals surface area contributed by atoms with Gasteiger partial charge < -0.3 is 5.11 Å². The lowest BCUT2D eigenvalue weighted by Crippen LogP contribution is -2.60. The summed E-state index contributed by atoms with van der Waals surface area (Å²) >= 11 is 0. The van der Waals surface area contributed by atoms with Crippen LogP contribution in [0, 0.1) is 22.2 Å². The average Bonchev–Trinajstić information content (AvgIpc) is 2.36. The van der Waals surface area contributed by atoms with Crippen LogP contribution in [0.3, 0.4) is 0 Å². The van der Waals surface area contributed by atoms with Crippen molar-refractivity contribution in [3.05, 3.63) is 11.6 Å². The van der Waals surface area contributed by atoms with Gasteiger partial charge in [0.05, 0.1) is 6.10 Å². The number of carbonyl (C=O) groups is 2. The summed E-state index contributed by atoms with van der Waals surface area (Å²) in [6, 6.07) is 0. The second-order valence-corrected chi connectivity index (χ2v) is 8.40. The number of hydrogen-bond acceptors (Lipinski definition) is 3. The molecule has 1 N–H and O–H groups in total. The highest BCUT2D eigenvalue weighted by atomic mass is 16.3. The van der Waals surface area contributed by atoms with E-state index < -0.39 is 11.5 Å². The van der Waals surface area contributed by atoms with Crippen molar-refractivity contribution in [2.45, 2.75) is 65.9 Å². The van der Waals surface area contributed by atoms with Crippen molar-refractivity contribution in [1.29, 1.82) is 0 Å². The van der Waals surface area contributed by atoms with Crippen LogP contribution in [0.2, 0.25) is 0 Å². The Kier molecular flexibility index (Phi) is 3.05. The molecule has 3 nitrogen and oxygen atoms in total. The molecule has 0 aromatic rings. The highest BCUT2D eigenvalue weighted by Crippen LogP contribution is 2.64. The Labute approximate surface area is 126 Å². The monoisotopic (exact) mass is 290 g/mol. The molecule has 0 aliphatic heterocycles. The molecule has 2 saturated carbocycles. The Hall–Kier alpha value is -0.960. The molecule has 0 unspecified atom stereocenters. The fraction of sp³-hybridized carbons (Fsp3) is 0.778. The van der Waals surface area contributed by atoms with Gasteiger partial charge in [0.2, 0.25) is 0 Å². The van der Waals surface area contributed by atoms with E-state index in [0.717, 1.165) is 12.8 Å². The van der Waals surface area contributed by atoms with Crippen LogP contribution in [0.15, 0.2) is 11.6 Å². The van der Waals surface area contributed by atoms with E-state index in [-0.39, 0.29) is 28.3 Å². The van der Waals surface area contributed by atoms with E-state index in [1.807, 2.05) is 19.9 Å². The van der Waals surface area contributed by atoms with Gasteiger partial charge in [-0.1, -0.05) is 33.3 Å². The zero-order valence-electron chi connectivity index (χ0n) is 13.5. The number of fused-ring (bicyclic) bond motifs is 3. The van der Waals surface area contributed by atoms with Crippen LogP contribution in [-0.4, -0.2) is 22.8 Å². The lowest BCUT2D eigenvalue weighted by molar-refractivity contribution is -0.155. The highest BCUT2D eigenvalue weighted by molar-refractivity contribution is 5.92. The summed E-state index contributed by atoms with van der Waals surface area (Å²) in [7, 11) is 0. The summed E-state index contributed by atoms with van der Waals surface area (Å²) < 4.78 is 0. The van der Waals surface area contributed by atoms with E-state index in [4.69, 9.17) is 0 Å². The molecule has 21 heavy (non-hydrogen) atoms. The molecule has 2 fully saturated rings. The van der Waals surface area contributed by atoms with Gasteiger partial charge in [0.25, 0.3) is 0 Å². The summed E-state index contributed by atoms with van der Waals surface area (Å²) in [6.07, 6.45) is 4.75. The predicted octanol–water partition coefficient (Wildman–Crippen LogP) is 3.06. The third-order valence-electron chi connectivity index (χ3n) is 6.59. The Morgan fingerprint density at radius 2 is 1.76 bits per heavy atom. The number of aliphatic hydroxyl groups excluding tert-OH is 1. The molecule has 0 amide bonds. The molecule has 0 saturated heterocycles. The largest absolute Gasteiger partial charge is 0.393 e. The van der Waals surface area contributed by atoms with Crippen LogP contribution in [0.1, 0.15) is 59.8 Å². The van der Waals surface area contributed by atoms with Crippen molar-refractivity contribution in [3.63, 3.8) is 0 Å². The number of rotatable bonds is 0. The van der Waals surface area contributed by atoms with Crippen LogP contribution in [0.4, 0.5) is 0 Å². The molecule has 116 valence electrons. The van der Waals surface area contributed by atoms with Crippen LogP contribution >= 0.6 is 0 Å². The van der Waals surface area contributed by atoms with Gasteiger partial charge in [-0.25, -0.2) is 0 Å². The van der Waals surface area contributed by atoms with Gasteiger partial charge in [0.15, 0.2) is 5.78 Å². The first-order chi connectivity index (χ1) is 9.61. The summed E-state index contributed by atoms with van der Waals surface area (Å²) in [5.41, 5.74) is 0.353. The number of hydrogen-bond donors (Lipinski definition) is 1. The van der Waals surface area contributed by atoms with Crippen LogP contribution in [0.5, 0.6) is 0 Å². The molecule has 4 atom stereocenters. The number of aliphatic hydroxyl groups is 1. The lowest BCUT2D eigenvalue weighted by Gasteiger charge is -2.61. The molecule has 0 spiro atoms. The van der Waals surface area contributed by atoms with E-state index >= 15 is 0 Å². The fourth-order valence-corrected chi connectivity index (χ4v) is 5.62. The predicted molar refractivity (Wildman–Crippen MR) is 80.7 cm³/mol. The minimum atomic E-state index is -0.519. The normalized spacial score (nSPS) is 45.7. The Morgan fingerprint density at radius 1 is 1.10 bits per heavy atom. The summed E-state index contributed by atoms with van der Waals surface area (Å²) in [6.45, 7) is 8.28. The Morgan fingerprint density at radius 3 is 2.43 bits per heavy atom. The van der Waals surface area contributed by atoms with Gasteiger partial charge >= 0.3 is 0 Å². The lowest BCUT2D eigenvalue weighted by atomic mass is 9.43. The number of carbonyl (C=O) groups excluding carboxylic acids is 2. The molecule has 0 heterocycles. The van der Waals surface area contributed by atoms with Crippen molar-refractivity contribution in [2.75, 3.05) is 0 Å². The third-order valence-corrected chi connectivity index (χ3v) is 6.59. The molecular weight excluding hydrogens is 264 g/mol. The molecule has 3 aliphatic rings. The number of allylic oxidation sites excluding steroid dienone is 2. The second kappa shape index (κ2) is 4.28. The molecule has 0 aromatic heterocycles. The zero-order valence-corrected chi connectivity index (χ0v) is 13.5. The maximum absolute atomic E-state index is 12.4. The van der Waals surface area contributed by atoms with Crippen LogP contribution < -0.4 is 0 Å². The Bertz CT molecular complexity index is 545. The van der Waals surface area contributed by atoms with E-state index in [1.165, 1.54) is 5.57 Å². The first-order valence-corrected chi connectivity index (χ1v) is 8.08. The fourth-order valence-electron chi connectivity index (χ4n) is 5.62. The Balaban J connectivity index is 2.16. The average molecular weight is 290 g/mol. The second-order valence-electron chi connectivity index (χ2n) is 8.40. The quantitative estimate of drug-likeness (QED) is 0.746. The van der Waals surface area contributed by atoms with Crippen LogP contribution in [0.25, 0.3) is 0 Å². The van der Waals surface area contributed by atoms with Crippen molar-refractivity contribution in [1.82, 2.24) is 0 Å². The minimum absolute atomic E-state index is 0.0866. The molecule has 3 rings (SSSR count).